The lowest BCUT2D eigenvalue weighted by Gasteiger charge is -2.04. The Bertz CT molecular complexity index is 182. The molecule has 0 fully saturated rings. The van der Waals surface area contributed by atoms with Crippen LogP contribution in [0.4, 0.5) is 0 Å². The van der Waals surface area contributed by atoms with Crippen molar-refractivity contribution in [2.45, 2.75) is 6.92 Å². The highest BCUT2D eigenvalue weighted by Gasteiger charge is 1.81. The monoisotopic (exact) mass is 136 g/mol. The molecule has 0 unspecified atom stereocenters. The topological polar surface area (TPSA) is 27.0 Å². The number of hydrogen-bond donors (Lipinski definition) is 0. The van der Waals surface area contributed by atoms with E-state index in [4.69, 9.17) is 5.26 Å². The summed E-state index contributed by atoms with van der Waals surface area (Å²) in [5.74, 6) is 0. The van der Waals surface area contributed by atoms with Gasteiger partial charge in [0.2, 0.25) is 0 Å². The second-order valence-electron chi connectivity index (χ2n) is 2.30. The number of hydrogen-bond acceptors (Lipinski definition) is 2. The summed E-state index contributed by atoms with van der Waals surface area (Å²) in [7, 11) is 3.90. The fourth-order valence-corrected chi connectivity index (χ4v) is 0.619. The van der Waals surface area contributed by atoms with Gasteiger partial charge < -0.3 is 4.90 Å². The second-order valence-corrected chi connectivity index (χ2v) is 2.30. The van der Waals surface area contributed by atoms with Crippen LogP contribution in [0, 0.1) is 11.3 Å². The van der Waals surface area contributed by atoms with Crippen LogP contribution in [0.25, 0.3) is 0 Å². The third-order valence-electron chi connectivity index (χ3n) is 0.883. The Kier molecular flexibility index (Phi) is 4.06. The molecule has 0 aliphatic rings. The molecule has 0 spiro atoms. The van der Waals surface area contributed by atoms with Crippen LogP contribution in [0.15, 0.2) is 23.9 Å². The molecular formula is C8H12N2. The van der Waals surface area contributed by atoms with Gasteiger partial charge in [0.05, 0.1) is 6.07 Å². The van der Waals surface area contributed by atoms with Crippen molar-refractivity contribution in [2.24, 2.45) is 0 Å². The third-order valence-corrected chi connectivity index (χ3v) is 0.883. The first-order chi connectivity index (χ1) is 4.66. The Labute approximate surface area is 62.1 Å². The van der Waals surface area contributed by atoms with E-state index in [2.05, 4.69) is 0 Å². The highest BCUT2D eigenvalue weighted by Crippen LogP contribution is 1.94. The average molecular weight is 136 g/mol. The zero-order chi connectivity index (χ0) is 7.98. The first kappa shape index (κ1) is 8.77. The summed E-state index contributed by atoms with van der Waals surface area (Å²) in [5, 5.41) is 8.17. The van der Waals surface area contributed by atoms with E-state index >= 15 is 0 Å². The number of allylic oxidation sites excluding steroid dienone is 3. The van der Waals surface area contributed by atoms with E-state index in [9.17, 15) is 0 Å². The Hall–Kier alpha value is -1.23. The molecule has 0 saturated heterocycles. The molecule has 0 aliphatic carbocycles. The molecule has 2 heteroatoms. The fourth-order valence-electron chi connectivity index (χ4n) is 0.619. The fraction of sp³-hybridized carbons (Fsp3) is 0.375. The second kappa shape index (κ2) is 4.63. The normalized spacial score (nSPS) is 11.6. The minimum atomic E-state index is 1.08. The number of rotatable bonds is 2. The van der Waals surface area contributed by atoms with Crippen LogP contribution in [0.2, 0.25) is 0 Å². The highest BCUT2D eigenvalue weighted by atomic mass is 15.0. The quantitative estimate of drug-likeness (QED) is 0.425. The Morgan fingerprint density at radius 1 is 1.50 bits per heavy atom. The molecule has 0 rings (SSSR count). The summed E-state index contributed by atoms with van der Waals surface area (Å²) in [6.45, 7) is 1.95. The lowest BCUT2D eigenvalue weighted by atomic mass is 10.3. The van der Waals surface area contributed by atoms with Crippen molar-refractivity contribution >= 4 is 0 Å². The van der Waals surface area contributed by atoms with Crippen molar-refractivity contribution in [1.29, 1.82) is 5.26 Å². The van der Waals surface area contributed by atoms with Gasteiger partial charge in [0.15, 0.2) is 0 Å². The van der Waals surface area contributed by atoms with Gasteiger partial charge in [-0.1, -0.05) is 0 Å². The predicted octanol–water partition coefficient (Wildman–Crippen LogP) is 1.53. The predicted molar refractivity (Wildman–Crippen MR) is 42.2 cm³/mol. The van der Waals surface area contributed by atoms with Crippen LogP contribution in [0.5, 0.6) is 0 Å². The average Bonchev–Trinajstić information content (AvgIpc) is 1.82. The third kappa shape index (κ3) is 4.92. The van der Waals surface area contributed by atoms with Crippen LogP contribution in [-0.4, -0.2) is 19.0 Å². The van der Waals surface area contributed by atoms with Crippen molar-refractivity contribution in [1.82, 2.24) is 4.90 Å². The van der Waals surface area contributed by atoms with E-state index in [1.807, 2.05) is 38.2 Å². The van der Waals surface area contributed by atoms with Gasteiger partial charge in [0, 0.05) is 26.4 Å². The van der Waals surface area contributed by atoms with Crippen molar-refractivity contribution in [3.63, 3.8) is 0 Å². The molecule has 0 N–H and O–H groups in total. The van der Waals surface area contributed by atoms with Crippen molar-refractivity contribution in [3.8, 4) is 6.07 Å². The van der Waals surface area contributed by atoms with Crippen LogP contribution in [0.1, 0.15) is 6.92 Å². The first-order valence-electron chi connectivity index (χ1n) is 3.08. The molecule has 0 atom stereocenters. The summed E-state index contributed by atoms with van der Waals surface area (Å²) in [4.78, 5) is 1.94. The maximum absolute atomic E-state index is 8.17. The molecule has 0 bridgehead atoms. The molecule has 0 aromatic rings. The number of nitrogens with zero attached hydrogens (tertiary/aromatic N) is 2. The van der Waals surface area contributed by atoms with Crippen LogP contribution < -0.4 is 0 Å². The summed E-state index contributed by atoms with van der Waals surface area (Å²) < 4.78 is 0. The van der Waals surface area contributed by atoms with Crippen molar-refractivity contribution < 1.29 is 0 Å². The number of nitriles is 1. The minimum absolute atomic E-state index is 1.08. The van der Waals surface area contributed by atoms with Crippen LogP contribution in [-0.2, 0) is 0 Å². The SMILES string of the molecule is CC(/C=C\C#N)=C/N(C)C. The van der Waals surface area contributed by atoms with E-state index < -0.39 is 0 Å². The summed E-state index contributed by atoms with van der Waals surface area (Å²) in [5.41, 5.74) is 1.08. The van der Waals surface area contributed by atoms with Crippen LogP contribution in [0.3, 0.4) is 0 Å². The largest absolute Gasteiger partial charge is 0.383 e. The lowest BCUT2D eigenvalue weighted by Crippen LogP contribution is -2.01. The molecule has 0 heterocycles. The zero-order valence-electron chi connectivity index (χ0n) is 6.63. The maximum Gasteiger partial charge on any atom is 0.0912 e. The molecule has 0 amide bonds. The Morgan fingerprint density at radius 3 is 2.50 bits per heavy atom. The molecule has 0 aliphatic heterocycles. The molecule has 0 aromatic carbocycles. The van der Waals surface area contributed by atoms with E-state index in [-0.39, 0.29) is 0 Å². The Morgan fingerprint density at radius 2 is 2.10 bits per heavy atom. The zero-order valence-corrected chi connectivity index (χ0v) is 6.63. The molecule has 10 heavy (non-hydrogen) atoms. The molecule has 0 radical (unpaired) electrons. The molecule has 2 nitrogen and oxygen atoms in total. The highest BCUT2D eigenvalue weighted by molar-refractivity contribution is 5.20. The summed E-state index contributed by atoms with van der Waals surface area (Å²) in [6.07, 6.45) is 5.20. The molecule has 0 aromatic heterocycles. The van der Waals surface area contributed by atoms with Gasteiger partial charge in [-0.15, -0.1) is 0 Å². The van der Waals surface area contributed by atoms with Crippen LogP contribution >= 0.6 is 0 Å². The van der Waals surface area contributed by atoms with Gasteiger partial charge in [0.25, 0.3) is 0 Å². The molecule has 0 saturated carbocycles. The molecular weight excluding hydrogens is 124 g/mol. The maximum atomic E-state index is 8.17. The van der Waals surface area contributed by atoms with E-state index in [1.54, 1.807) is 6.08 Å². The van der Waals surface area contributed by atoms with Gasteiger partial charge in [0.1, 0.15) is 0 Å². The van der Waals surface area contributed by atoms with E-state index in [1.165, 1.54) is 6.08 Å². The first-order valence-corrected chi connectivity index (χ1v) is 3.08. The summed E-state index contributed by atoms with van der Waals surface area (Å²) >= 11 is 0. The standard InChI is InChI=1S/C8H12N2/c1-8(5-4-6-9)7-10(2)3/h4-5,7H,1-3H3/b5-4-,8-7-. The lowest BCUT2D eigenvalue weighted by molar-refractivity contribution is 0.560. The van der Waals surface area contributed by atoms with E-state index in [0.29, 0.717) is 0 Å². The van der Waals surface area contributed by atoms with Gasteiger partial charge in [-0.05, 0) is 18.6 Å². The minimum Gasteiger partial charge on any atom is -0.383 e. The van der Waals surface area contributed by atoms with Gasteiger partial charge in [-0.3, -0.25) is 0 Å². The van der Waals surface area contributed by atoms with Gasteiger partial charge >= 0.3 is 0 Å². The van der Waals surface area contributed by atoms with Crippen molar-refractivity contribution in [3.05, 3.63) is 23.9 Å². The van der Waals surface area contributed by atoms with Gasteiger partial charge in [-0.2, -0.15) is 5.26 Å². The smallest absolute Gasteiger partial charge is 0.0912 e. The Balaban J connectivity index is 3.97. The molecule has 54 valence electrons. The van der Waals surface area contributed by atoms with Crippen molar-refractivity contribution in [2.75, 3.05) is 14.1 Å². The van der Waals surface area contributed by atoms with Gasteiger partial charge in [-0.25, -0.2) is 0 Å². The summed E-state index contributed by atoms with van der Waals surface area (Å²) in [6, 6.07) is 1.93. The van der Waals surface area contributed by atoms with E-state index in [0.717, 1.165) is 5.57 Å².